The van der Waals surface area contributed by atoms with Crippen LogP contribution in [0.5, 0.6) is 0 Å². The predicted molar refractivity (Wildman–Crippen MR) is 76.3 cm³/mol. The lowest BCUT2D eigenvalue weighted by molar-refractivity contribution is -0.143. The number of piperidine rings is 1. The van der Waals surface area contributed by atoms with E-state index >= 15 is 0 Å². The van der Waals surface area contributed by atoms with E-state index in [1.807, 2.05) is 0 Å². The molecule has 0 radical (unpaired) electrons. The summed E-state index contributed by atoms with van der Waals surface area (Å²) in [6, 6.07) is 6.84. The summed E-state index contributed by atoms with van der Waals surface area (Å²) >= 11 is 0. The molecule has 0 amide bonds. The van der Waals surface area contributed by atoms with Gasteiger partial charge in [-0.05, 0) is 56.8 Å². The van der Waals surface area contributed by atoms with Gasteiger partial charge >= 0.3 is 5.97 Å². The number of carbonyl (C=O) groups is 1. The third kappa shape index (κ3) is 3.16. The lowest BCUT2D eigenvalue weighted by Crippen LogP contribution is -2.40. The first-order valence-electron chi connectivity index (χ1n) is 7.03. The van der Waals surface area contributed by atoms with Gasteiger partial charge in [-0.1, -0.05) is 18.2 Å². The summed E-state index contributed by atoms with van der Waals surface area (Å²) in [6.45, 7) is 8.09. The Morgan fingerprint density at radius 2 is 2.11 bits per heavy atom. The van der Waals surface area contributed by atoms with Crippen LogP contribution in [0.25, 0.3) is 0 Å². The summed E-state index contributed by atoms with van der Waals surface area (Å²) in [7, 11) is 0. The van der Waals surface area contributed by atoms with E-state index in [0.717, 1.165) is 19.4 Å². The molecule has 1 aliphatic heterocycles. The quantitative estimate of drug-likeness (QED) is 0.908. The number of carboxylic acids is 1. The number of benzene rings is 1. The average Bonchev–Trinajstić information content (AvgIpc) is 2.41. The van der Waals surface area contributed by atoms with Crippen molar-refractivity contribution in [1.82, 2.24) is 4.90 Å². The van der Waals surface area contributed by atoms with E-state index in [1.54, 1.807) is 0 Å². The molecule has 0 aromatic heterocycles. The Balaban J connectivity index is 2.12. The van der Waals surface area contributed by atoms with Crippen molar-refractivity contribution in [2.45, 2.75) is 39.7 Å². The van der Waals surface area contributed by atoms with Crippen LogP contribution >= 0.6 is 0 Å². The molecule has 0 saturated carbocycles. The summed E-state index contributed by atoms with van der Waals surface area (Å²) in [6.07, 6.45) is 1.79. The van der Waals surface area contributed by atoms with Crippen LogP contribution in [0, 0.1) is 19.8 Å². The SMILES string of the molecule is Cc1ccc(C(C)N2CCCC(C(=O)O)C2)cc1C. The summed E-state index contributed by atoms with van der Waals surface area (Å²) in [5.41, 5.74) is 3.89. The van der Waals surface area contributed by atoms with Gasteiger partial charge in [0.15, 0.2) is 0 Å². The Labute approximate surface area is 115 Å². The molecule has 3 nitrogen and oxygen atoms in total. The van der Waals surface area contributed by atoms with Crippen molar-refractivity contribution >= 4 is 5.97 Å². The third-order valence-corrected chi connectivity index (χ3v) is 4.36. The van der Waals surface area contributed by atoms with Crippen LogP contribution in [0.2, 0.25) is 0 Å². The van der Waals surface area contributed by atoms with Gasteiger partial charge in [-0.2, -0.15) is 0 Å². The maximum absolute atomic E-state index is 11.1. The molecule has 1 saturated heterocycles. The molecule has 1 heterocycles. The number of hydrogen-bond donors (Lipinski definition) is 1. The minimum Gasteiger partial charge on any atom is -0.481 e. The van der Waals surface area contributed by atoms with E-state index in [-0.39, 0.29) is 5.92 Å². The number of carboxylic acid groups (broad SMARTS) is 1. The molecule has 19 heavy (non-hydrogen) atoms. The average molecular weight is 261 g/mol. The second kappa shape index (κ2) is 5.74. The fraction of sp³-hybridized carbons (Fsp3) is 0.562. The summed E-state index contributed by atoms with van der Waals surface area (Å²) < 4.78 is 0. The van der Waals surface area contributed by atoms with Gasteiger partial charge in [0, 0.05) is 12.6 Å². The summed E-state index contributed by atoms with van der Waals surface area (Å²) in [5, 5.41) is 9.16. The third-order valence-electron chi connectivity index (χ3n) is 4.36. The van der Waals surface area contributed by atoms with Crippen molar-refractivity contribution in [2.24, 2.45) is 5.92 Å². The van der Waals surface area contributed by atoms with Crippen LogP contribution < -0.4 is 0 Å². The van der Waals surface area contributed by atoms with Crippen molar-refractivity contribution in [3.8, 4) is 0 Å². The minimum absolute atomic E-state index is 0.206. The fourth-order valence-electron chi connectivity index (χ4n) is 2.80. The number of nitrogens with zero attached hydrogens (tertiary/aromatic N) is 1. The molecular weight excluding hydrogens is 238 g/mol. The van der Waals surface area contributed by atoms with E-state index < -0.39 is 5.97 Å². The molecule has 1 aromatic carbocycles. The molecule has 104 valence electrons. The van der Waals surface area contributed by atoms with Crippen LogP contribution in [0.3, 0.4) is 0 Å². The smallest absolute Gasteiger partial charge is 0.307 e. The standard InChI is InChI=1S/C16H23NO2/c1-11-6-7-14(9-12(11)2)13(3)17-8-4-5-15(10-17)16(18)19/h6-7,9,13,15H,4-5,8,10H2,1-3H3,(H,18,19). The number of likely N-dealkylation sites (tertiary alicyclic amines) is 1. The highest BCUT2D eigenvalue weighted by Crippen LogP contribution is 2.27. The van der Waals surface area contributed by atoms with Gasteiger partial charge in [0.05, 0.1) is 5.92 Å². The normalized spacial score (nSPS) is 22.2. The maximum Gasteiger partial charge on any atom is 0.307 e. The monoisotopic (exact) mass is 261 g/mol. The zero-order chi connectivity index (χ0) is 14.0. The van der Waals surface area contributed by atoms with E-state index in [2.05, 4.69) is 43.9 Å². The summed E-state index contributed by atoms with van der Waals surface area (Å²) in [4.78, 5) is 13.4. The Morgan fingerprint density at radius 1 is 1.37 bits per heavy atom. The van der Waals surface area contributed by atoms with Crippen LogP contribution in [0.1, 0.15) is 42.5 Å². The molecule has 0 bridgehead atoms. The van der Waals surface area contributed by atoms with Crippen LogP contribution in [0.15, 0.2) is 18.2 Å². The first-order chi connectivity index (χ1) is 8.99. The largest absolute Gasteiger partial charge is 0.481 e. The van der Waals surface area contributed by atoms with Crippen LogP contribution in [-0.4, -0.2) is 29.1 Å². The Bertz CT molecular complexity index is 470. The molecular formula is C16H23NO2. The van der Waals surface area contributed by atoms with Crippen molar-refractivity contribution in [1.29, 1.82) is 0 Å². The number of hydrogen-bond acceptors (Lipinski definition) is 2. The van der Waals surface area contributed by atoms with Gasteiger partial charge in [0.1, 0.15) is 0 Å². The fourth-order valence-corrected chi connectivity index (χ4v) is 2.80. The van der Waals surface area contributed by atoms with Gasteiger partial charge in [0.2, 0.25) is 0 Å². The number of rotatable bonds is 3. The zero-order valence-corrected chi connectivity index (χ0v) is 12.0. The Kier molecular flexibility index (Phi) is 4.25. The van der Waals surface area contributed by atoms with Gasteiger partial charge in [-0.15, -0.1) is 0 Å². The lowest BCUT2D eigenvalue weighted by atomic mass is 9.94. The van der Waals surface area contributed by atoms with E-state index in [1.165, 1.54) is 16.7 Å². The Morgan fingerprint density at radius 3 is 2.74 bits per heavy atom. The molecule has 0 aliphatic carbocycles. The van der Waals surface area contributed by atoms with Gasteiger partial charge in [-0.25, -0.2) is 0 Å². The first-order valence-corrected chi connectivity index (χ1v) is 7.03. The van der Waals surface area contributed by atoms with Crippen LogP contribution in [0.4, 0.5) is 0 Å². The van der Waals surface area contributed by atoms with E-state index in [0.29, 0.717) is 12.6 Å². The molecule has 1 aliphatic rings. The summed E-state index contributed by atoms with van der Waals surface area (Å²) in [5.74, 6) is -0.861. The molecule has 3 heteroatoms. The highest BCUT2D eigenvalue weighted by atomic mass is 16.4. The number of aryl methyl sites for hydroxylation is 2. The molecule has 2 atom stereocenters. The van der Waals surface area contributed by atoms with E-state index in [9.17, 15) is 4.79 Å². The highest BCUT2D eigenvalue weighted by Gasteiger charge is 2.28. The van der Waals surface area contributed by atoms with Gasteiger partial charge in [-0.3, -0.25) is 9.69 Å². The minimum atomic E-state index is -0.656. The Hall–Kier alpha value is -1.35. The topological polar surface area (TPSA) is 40.5 Å². The molecule has 0 spiro atoms. The van der Waals surface area contributed by atoms with Gasteiger partial charge in [0.25, 0.3) is 0 Å². The van der Waals surface area contributed by atoms with Crippen molar-refractivity contribution in [2.75, 3.05) is 13.1 Å². The molecule has 1 aromatic rings. The molecule has 2 unspecified atom stereocenters. The van der Waals surface area contributed by atoms with E-state index in [4.69, 9.17) is 5.11 Å². The predicted octanol–water partition coefficient (Wildman–Crippen LogP) is 3.16. The molecule has 1 fully saturated rings. The highest BCUT2D eigenvalue weighted by molar-refractivity contribution is 5.70. The molecule has 2 rings (SSSR count). The number of aliphatic carboxylic acids is 1. The van der Waals surface area contributed by atoms with Crippen molar-refractivity contribution in [3.05, 3.63) is 34.9 Å². The second-order valence-corrected chi connectivity index (χ2v) is 5.69. The first kappa shape index (κ1) is 14.1. The van der Waals surface area contributed by atoms with Gasteiger partial charge < -0.3 is 5.11 Å². The van der Waals surface area contributed by atoms with Crippen molar-refractivity contribution in [3.63, 3.8) is 0 Å². The second-order valence-electron chi connectivity index (χ2n) is 5.69. The zero-order valence-electron chi connectivity index (χ0n) is 12.0. The maximum atomic E-state index is 11.1. The molecule has 1 N–H and O–H groups in total. The van der Waals surface area contributed by atoms with Crippen molar-refractivity contribution < 1.29 is 9.90 Å². The lowest BCUT2D eigenvalue weighted by Gasteiger charge is -2.35. The van der Waals surface area contributed by atoms with Crippen LogP contribution in [-0.2, 0) is 4.79 Å².